The Hall–Kier alpha value is -2.63. The van der Waals surface area contributed by atoms with Gasteiger partial charge in [-0.3, -0.25) is 0 Å². The normalized spacial score (nSPS) is 24.4. The Morgan fingerprint density at radius 3 is 2.76 bits per heavy atom. The molecule has 3 aliphatic carbocycles. The lowest BCUT2D eigenvalue weighted by Crippen LogP contribution is -2.48. The number of H-pyrrole nitrogens is 1. The third kappa shape index (κ3) is 4.71. The molecule has 1 aromatic heterocycles. The van der Waals surface area contributed by atoms with Crippen LogP contribution in [0.4, 0.5) is 0 Å². The highest BCUT2D eigenvalue weighted by Gasteiger charge is 2.46. The first-order valence-electron chi connectivity index (χ1n) is 12.2. The Morgan fingerprint density at radius 1 is 1.15 bits per heavy atom. The number of aromatic amines is 1. The fraction of sp³-hybridized carbons (Fsp3) is 0.464. The van der Waals surface area contributed by atoms with Gasteiger partial charge in [-0.05, 0) is 74.9 Å². The average molecular weight is 446 g/mol. The van der Waals surface area contributed by atoms with E-state index in [1.54, 1.807) is 7.11 Å². The summed E-state index contributed by atoms with van der Waals surface area (Å²) in [7, 11) is 3.85. The molecule has 6 rings (SSSR count). The van der Waals surface area contributed by atoms with E-state index >= 15 is 0 Å². The van der Waals surface area contributed by atoms with Gasteiger partial charge in [-0.1, -0.05) is 36.4 Å². The molecular formula is C28H35N3O2. The van der Waals surface area contributed by atoms with Crippen LogP contribution in [0.15, 0.2) is 54.6 Å². The Morgan fingerprint density at radius 2 is 2.00 bits per heavy atom. The number of aromatic nitrogens is 2. The molecule has 0 aliphatic heterocycles. The molecule has 1 unspecified atom stereocenters. The molecular weight excluding hydrogens is 410 g/mol. The number of allylic oxidation sites excluding steroid dienone is 1. The Bertz CT molecular complexity index is 1120. The maximum absolute atomic E-state index is 11.5. The predicted molar refractivity (Wildman–Crippen MR) is 133 cm³/mol. The molecule has 5 nitrogen and oxygen atoms in total. The van der Waals surface area contributed by atoms with Gasteiger partial charge in [0.05, 0.1) is 23.7 Å². The van der Waals surface area contributed by atoms with Crippen molar-refractivity contribution in [3.8, 4) is 5.75 Å². The van der Waals surface area contributed by atoms with Crippen LogP contribution < -0.4 is 4.74 Å². The van der Waals surface area contributed by atoms with Crippen LogP contribution in [0.3, 0.4) is 0 Å². The fourth-order valence-electron chi connectivity index (χ4n) is 5.74. The molecule has 0 radical (unpaired) electrons. The molecule has 2 N–H and O–H groups in total. The van der Waals surface area contributed by atoms with Crippen LogP contribution in [0.25, 0.3) is 16.6 Å². The lowest BCUT2D eigenvalue weighted by molar-refractivity contribution is -0.0574. The number of fused-ring (bicyclic) bond motifs is 3. The minimum atomic E-state index is -0.562. The number of hydrogen-bond acceptors (Lipinski definition) is 4. The second kappa shape index (κ2) is 9.32. The van der Waals surface area contributed by atoms with Crippen molar-refractivity contribution in [1.82, 2.24) is 14.9 Å². The highest BCUT2D eigenvalue weighted by atomic mass is 16.5. The number of hydrogen-bond donors (Lipinski definition) is 2. The number of rotatable bonds is 9. The maximum atomic E-state index is 11.5. The van der Waals surface area contributed by atoms with Crippen LogP contribution in [-0.2, 0) is 6.42 Å². The van der Waals surface area contributed by atoms with E-state index in [1.165, 1.54) is 17.6 Å². The number of methoxy groups -OCH3 is 1. The third-order valence-corrected chi connectivity index (χ3v) is 7.66. The molecule has 3 atom stereocenters. The summed E-state index contributed by atoms with van der Waals surface area (Å²) in [5.41, 5.74) is 4.23. The van der Waals surface area contributed by atoms with Gasteiger partial charge in [0.1, 0.15) is 11.6 Å². The minimum absolute atomic E-state index is 0.277. The van der Waals surface area contributed by atoms with Gasteiger partial charge < -0.3 is 19.7 Å². The van der Waals surface area contributed by atoms with E-state index < -0.39 is 5.60 Å². The van der Waals surface area contributed by atoms with Crippen LogP contribution in [0, 0.1) is 11.8 Å². The first-order chi connectivity index (χ1) is 16.0. The summed E-state index contributed by atoms with van der Waals surface area (Å²) in [5, 5.41) is 11.5. The van der Waals surface area contributed by atoms with Crippen molar-refractivity contribution in [3.63, 3.8) is 0 Å². The first-order valence-corrected chi connectivity index (χ1v) is 12.2. The zero-order valence-corrected chi connectivity index (χ0v) is 19.8. The Balaban J connectivity index is 1.12. The zero-order chi connectivity index (χ0) is 22.8. The molecule has 1 heterocycles. The first kappa shape index (κ1) is 22.2. The van der Waals surface area contributed by atoms with Crippen molar-refractivity contribution in [2.75, 3.05) is 27.2 Å². The monoisotopic (exact) mass is 445 g/mol. The van der Waals surface area contributed by atoms with Crippen molar-refractivity contribution in [2.45, 2.75) is 44.1 Å². The molecule has 0 amide bonds. The summed E-state index contributed by atoms with van der Waals surface area (Å²) in [6.07, 6.45) is 8.38. The van der Waals surface area contributed by atoms with E-state index in [0.717, 1.165) is 67.8 Å². The second-order valence-corrected chi connectivity index (χ2v) is 9.90. The van der Waals surface area contributed by atoms with Gasteiger partial charge in [0.15, 0.2) is 0 Å². The molecule has 5 heteroatoms. The van der Waals surface area contributed by atoms with Crippen LogP contribution >= 0.6 is 0 Å². The van der Waals surface area contributed by atoms with Crippen LogP contribution in [0.2, 0.25) is 0 Å². The maximum Gasteiger partial charge on any atom is 0.121 e. The number of ether oxygens (including phenoxy) is 1. The second-order valence-electron chi connectivity index (χ2n) is 9.90. The van der Waals surface area contributed by atoms with Crippen molar-refractivity contribution in [1.29, 1.82) is 0 Å². The third-order valence-electron chi connectivity index (χ3n) is 7.66. The van der Waals surface area contributed by atoms with Gasteiger partial charge in [0, 0.05) is 24.9 Å². The minimum Gasteiger partial charge on any atom is -0.497 e. The quantitative estimate of drug-likeness (QED) is 0.483. The van der Waals surface area contributed by atoms with Gasteiger partial charge >= 0.3 is 0 Å². The molecule has 0 spiro atoms. The number of imidazole rings is 1. The smallest absolute Gasteiger partial charge is 0.121 e. The average Bonchev–Trinajstić information content (AvgIpc) is 3.25. The number of nitrogens with zero attached hydrogens (tertiary/aromatic N) is 2. The predicted octanol–water partition coefficient (Wildman–Crippen LogP) is 5.07. The number of aryl methyl sites for hydroxylation is 1. The molecule has 33 heavy (non-hydrogen) atoms. The van der Waals surface area contributed by atoms with Crippen molar-refractivity contribution >= 4 is 16.6 Å². The lowest BCUT2D eigenvalue weighted by atomic mass is 9.61. The van der Waals surface area contributed by atoms with E-state index in [1.807, 2.05) is 18.2 Å². The van der Waals surface area contributed by atoms with Crippen LogP contribution in [-0.4, -0.2) is 52.8 Å². The molecule has 3 aliphatic rings. The van der Waals surface area contributed by atoms with E-state index in [0.29, 0.717) is 5.92 Å². The number of benzene rings is 2. The summed E-state index contributed by atoms with van der Waals surface area (Å²) in [4.78, 5) is 10.5. The highest BCUT2D eigenvalue weighted by Crippen LogP contribution is 2.51. The topological polar surface area (TPSA) is 61.4 Å². The fourth-order valence-corrected chi connectivity index (χ4v) is 5.74. The summed E-state index contributed by atoms with van der Waals surface area (Å²) in [6.45, 7) is 1.92. The molecule has 2 aromatic carbocycles. The largest absolute Gasteiger partial charge is 0.497 e. The van der Waals surface area contributed by atoms with E-state index in [4.69, 9.17) is 9.72 Å². The summed E-state index contributed by atoms with van der Waals surface area (Å²) < 4.78 is 5.30. The number of aliphatic hydroxyl groups is 1. The molecule has 174 valence electrons. The van der Waals surface area contributed by atoms with Crippen LogP contribution in [0.5, 0.6) is 5.75 Å². The van der Waals surface area contributed by atoms with E-state index in [2.05, 4.69) is 53.3 Å². The van der Waals surface area contributed by atoms with Gasteiger partial charge in [-0.15, -0.1) is 0 Å². The molecule has 2 bridgehead atoms. The molecule has 0 saturated heterocycles. The van der Waals surface area contributed by atoms with Gasteiger partial charge in [-0.2, -0.15) is 0 Å². The van der Waals surface area contributed by atoms with E-state index in [9.17, 15) is 5.11 Å². The standard InChI is InChI=1S/C28H35N3O2/c1-31(15-6-9-27-29-25-13-12-23(33-2)18-26(25)30-27)16-14-28(32)19-21-10-11-22(28)17-24(21)20-7-4-3-5-8-20/h3-5,7-8,12-13,17-18,21-22,32H,6,9-11,14-16,19H2,1-2H3,(H,29,30)/t21-,22?,28+/m1/s1. The van der Waals surface area contributed by atoms with Crippen molar-refractivity contribution in [3.05, 3.63) is 66.0 Å². The summed E-state index contributed by atoms with van der Waals surface area (Å²) >= 11 is 0. The zero-order valence-electron chi connectivity index (χ0n) is 19.8. The van der Waals surface area contributed by atoms with Crippen LogP contribution in [0.1, 0.15) is 43.5 Å². The van der Waals surface area contributed by atoms with Gasteiger partial charge in [-0.25, -0.2) is 4.98 Å². The Labute approximate surface area is 196 Å². The van der Waals surface area contributed by atoms with Crippen molar-refractivity contribution in [2.24, 2.45) is 11.8 Å². The molecule has 1 saturated carbocycles. The summed E-state index contributed by atoms with van der Waals surface area (Å²) in [6, 6.07) is 16.6. The molecule has 1 fully saturated rings. The molecule has 3 aromatic rings. The summed E-state index contributed by atoms with van der Waals surface area (Å²) in [5.74, 6) is 2.63. The van der Waals surface area contributed by atoms with Crippen molar-refractivity contribution < 1.29 is 9.84 Å². The SMILES string of the molecule is COc1ccc2nc(CCCN(C)CC[C@]3(O)C[C@H]4CCC3C=C4c3ccccc3)[nH]c2c1. The van der Waals surface area contributed by atoms with Gasteiger partial charge in [0.25, 0.3) is 0 Å². The van der Waals surface area contributed by atoms with E-state index in [-0.39, 0.29) is 5.92 Å². The Kier molecular flexibility index (Phi) is 6.26. The highest BCUT2D eigenvalue weighted by molar-refractivity contribution is 5.76. The lowest BCUT2D eigenvalue weighted by Gasteiger charge is -2.48. The number of nitrogens with one attached hydrogen (secondary N) is 1. The van der Waals surface area contributed by atoms with Gasteiger partial charge in [0.2, 0.25) is 0 Å².